The first kappa shape index (κ1) is 10.1. The van der Waals surface area contributed by atoms with Gasteiger partial charge in [-0.2, -0.15) is 0 Å². The molecule has 0 amide bonds. The summed E-state index contributed by atoms with van der Waals surface area (Å²) in [6.45, 7) is 4.80. The van der Waals surface area contributed by atoms with Gasteiger partial charge in [-0.05, 0) is 12.8 Å². The van der Waals surface area contributed by atoms with E-state index in [4.69, 9.17) is 4.74 Å². The minimum Gasteiger partial charge on any atom is -0.380 e. The summed E-state index contributed by atoms with van der Waals surface area (Å²) in [7, 11) is 0. The minimum absolute atomic E-state index is 0.531. The van der Waals surface area contributed by atoms with Crippen molar-refractivity contribution in [1.29, 1.82) is 0 Å². The van der Waals surface area contributed by atoms with Gasteiger partial charge in [-0.1, -0.05) is 6.92 Å². The van der Waals surface area contributed by atoms with Crippen molar-refractivity contribution in [3.8, 4) is 0 Å². The highest BCUT2D eigenvalue weighted by Crippen LogP contribution is 2.13. The number of ether oxygens (including phenoxy) is 1. The van der Waals surface area contributed by atoms with E-state index < -0.39 is 0 Å². The highest BCUT2D eigenvalue weighted by Gasteiger charge is 2.14. The number of nitrogens with one attached hydrogen (secondary N) is 1. The van der Waals surface area contributed by atoms with Gasteiger partial charge in [0.1, 0.15) is 5.01 Å². The summed E-state index contributed by atoms with van der Waals surface area (Å²) >= 11 is 1.80. The van der Waals surface area contributed by atoms with Crippen molar-refractivity contribution in [3.63, 3.8) is 0 Å². The third kappa shape index (κ3) is 2.53. The Morgan fingerprint density at radius 3 is 3.29 bits per heavy atom. The van der Waals surface area contributed by atoms with Crippen LogP contribution in [0.1, 0.15) is 23.2 Å². The zero-order valence-electron chi connectivity index (χ0n) is 8.45. The summed E-state index contributed by atoms with van der Waals surface area (Å²) < 4.78 is 5.29. The Kier molecular flexibility index (Phi) is 3.50. The summed E-state index contributed by atoms with van der Waals surface area (Å²) in [4.78, 5) is 5.73. The second kappa shape index (κ2) is 4.87. The fourth-order valence-corrected chi connectivity index (χ4v) is 2.33. The molecule has 1 N–H and O–H groups in total. The van der Waals surface area contributed by atoms with Crippen LogP contribution in [-0.2, 0) is 17.7 Å². The zero-order valence-corrected chi connectivity index (χ0v) is 9.27. The first-order chi connectivity index (χ1) is 6.88. The molecule has 1 fully saturated rings. The second-order valence-electron chi connectivity index (χ2n) is 3.52. The highest BCUT2D eigenvalue weighted by atomic mass is 32.1. The molecule has 14 heavy (non-hydrogen) atoms. The maximum absolute atomic E-state index is 5.29. The molecule has 1 atom stereocenters. The largest absolute Gasteiger partial charge is 0.380 e. The molecular formula is C10H16N2OS. The Bertz CT molecular complexity index is 281. The van der Waals surface area contributed by atoms with E-state index in [1.54, 1.807) is 11.3 Å². The van der Waals surface area contributed by atoms with Crippen LogP contribution in [0.25, 0.3) is 0 Å². The smallest absolute Gasteiger partial charge is 0.107 e. The van der Waals surface area contributed by atoms with Crippen LogP contribution in [0, 0.1) is 0 Å². The van der Waals surface area contributed by atoms with E-state index in [0.29, 0.717) is 6.04 Å². The van der Waals surface area contributed by atoms with E-state index in [-0.39, 0.29) is 0 Å². The summed E-state index contributed by atoms with van der Waals surface area (Å²) in [5.74, 6) is 0. The van der Waals surface area contributed by atoms with E-state index in [1.807, 2.05) is 6.20 Å². The molecule has 0 saturated carbocycles. The molecule has 1 aliphatic rings. The molecule has 3 nitrogen and oxygen atoms in total. The Morgan fingerprint density at radius 2 is 2.64 bits per heavy atom. The van der Waals surface area contributed by atoms with Crippen molar-refractivity contribution in [1.82, 2.24) is 10.3 Å². The molecule has 0 radical (unpaired) electrons. The standard InChI is InChI=1S/C10H16N2OS/c1-2-9-5-12-10(14-9)6-11-8-3-4-13-7-8/h5,8,11H,2-4,6-7H2,1H3. The molecule has 1 aliphatic heterocycles. The number of aromatic nitrogens is 1. The van der Waals surface area contributed by atoms with E-state index >= 15 is 0 Å². The van der Waals surface area contributed by atoms with Crippen molar-refractivity contribution < 1.29 is 4.74 Å². The van der Waals surface area contributed by atoms with Crippen LogP contribution in [0.3, 0.4) is 0 Å². The SMILES string of the molecule is CCc1cnc(CNC2CCOC2)s1. The molecule has 78 valence electrons. The monoisotopic (exact) mass is 212 g/mol. The van der Waals surface area contributed by atoms with Crippen molar-refractivity contribution in [2.24, 2.45) is 0 Å². The van der Waals surface area contributed by atoms with Crippen molar-refractivity contribution in [2.45, 2.75) is 32.4 Å². The highest BCUT2D eigenvalue weighted by molar-refractivity contribution is 7.11. The summed E-state index contributed by atoms with van der Waals surface area (Å²) in [6, 6.07) is 0.531. The predicted molar refractivity (Wildman–Crippen MR) is 57.6 cm³/mol. The van der Waals surface area contributed by atoms with Crippen LogP contribution in [0.5, 0.6) is 0 Å². The fourth-order valence-electron chi connectivity index (χ4n) is 1.52. The number of hydrogen-bond donors (Lipinski definition) is 1. The molecule has 2 rings (SSSR count). The first-order valence-corrected chi connectivity index (χ1v) is 5.95. The van der Waals surface area contributed by atoms with E-state index in [1.165, 1.54) is 9.88 Å². The average Bonchev–Trinajstić information content (AvgIpc) is 2.86. The topological polar surface area (TPSA) is 34.2 Å². The van der Waals surface area contributed by atoms with Gasteiger partial charge in [-0.15, -0.1) is 11.3 Å². The molecular weight excluding hydrogens is 196 g/mol. The van der Waals surface area contributed by atoms with Crippen LogP contribution in [0.15, 0.2) is 6.20 Å². The summed E-state index contributed by atoms with van der Waals surface area (Å²) in [6.07, 6.45) is 4.20. The van der Waals surface area contributed by atoms with Gasteiger partial charge in [0.05, 0.1) is 6.61 Å². The maximum Gasteiger partial charge on any atom is 0.107 e. The average molecular weight is 212 g/mol. The number of hydrogen-bond acceptors (Lipinski definition) is 4. The van der Waals surface area contributed by atoms with E-state index in [2.05, 4.69) is 17.2 Å². The number of thiazole rings is 1. The zero-order chi connectivity index (χ0) is 9.80. The Morgan fingerprint density at radius 1 is 1.71 bits per heavy atom. The molecule has 1 unspecified atom stereocenters. The first-order valence-electron chi connectivity index (χ1n) is 5.13. The minimum atomic E-state index is 0.531. The lowest BCUT2D eigenvalue weighted by Gasteiger charge is -2.07. The lowest BCUT2D eigenvalue weighted by Crippen LogP contribution is -2.28. The van der Waals surface area contributed by atoms with Gasteiger partial charge in [-0.25, -0.2) is 4.98 Å². The molecule has 1 aromatic heterocycles. The van der Waals surface area contributed by atoms with Gasteiger partial charge in [0.25, 0.3) is 0 Å². The Balaban J connectivity index is 1.79. The van der Waals surface area contributed by atoms with Crippen LogP contribution in [0.4, 0.5) is 0 Å². The third-order valence-electron chi connectivity index (χ3n) is 2.42. The number of nitrogens with zero attached hydrogens (tertiary/aromatic N) is 1. The van der Waals surface area contributed by atoms with Crippen molar-refractivity contribution in [3.05, 3.63) is 16.1 Å². The van der Waals surface area contributed by atoms with Gasteiger partial charge in [0.15, 0.2) is 0 Å². The second-order valence-corrected chi connectivity index (χ2v) is 4.72. The van der Waals surface area contributed by atoms with Gasteiger partial charge in [0, 0.05) is 30.3 Å². The molecule has 4 heteroatoms. The molecule has 0 aliphatic carbocycles. The third-order valence-corrected chi connectivity index (χ3v) is 3.56. The van der Waals surface area contributed by atoms with E-state index in [9.17, 15) is 0 Å². The molecule has 0 bridgehead atoms. The van der Waals surface area contributed by atoms with Crippen molar-refractivity contribution in [2.75, 3.05) is 13.2 Å². The molecule has 2 heterocycles. The van der Waals surface area contributed by atoms with Crippen molar-refractivity contribution >= 4 is 11.3 Å². The molecule has 0 spiro atoms. The van der Waals surface area contributed by atoms with Crippen LogP contribution >= 0.6 is 11.3 Å². The van der Waals surface area contributed by atoms with Gasteiger partial charge >= 0.3 is 0 Å². The Hall–Kier alpha value is -0.450. The summed E-state index contributed by atoms with van der Waals surface area (Å²) in [5, 5.41) is 4.65. The van der Waals surface area contributed by atoms with Gasteiger partial charge in [-0.3, -0.25) is 0 Å². The van der Waals surface area contributed by atoms with Gasteiger partial charge < -0.3 is 10.1 Å². The predicted octanol–water partition coefficient (Wildman–Crippen LogP) is 1.58. The van der Waals surface area contributed by atoms with Crippen LogP contribution < -0.4 is 5.32 Å². The number of rotatable bonds is 4. The van der Waals surface area contributed by atoms with Crippen LogP contribution in [0.2, 0.25) is 0 Å². The molecule has 1 aromatic rings. The lowest BCUT2D eigenvalue weighted by molar-refractivity contribution is 0.190. The fraction of sp³-hybridized carbons (Fsp3) is 0.700. The molecule has 1 saturated heterocycles. The van der Waals surface area contributed by atoms with E-state index in [0.717, 1.165) is 32.6 Å². The Labute approximate surface area is 88.5 Å². The molecule has 0 aromatic carbocycles. The van der Waals surface area contributed by atoms with Crippen LogP contribution in [-0.4, -0.2) is 24.2 Å². The summed E-state index contributed by atoms with van der Waals surface area (Å²) in [5.41, 5.74) is 0. The maximum atomic E-state index is 5.29. The quantitative estimate of drug-likeness (QED) is 0.823. The lowest BCUT2D eigenvalue weighted by atomic mass is 10.3. The number of aryl methyl sites for hydroxylation is 1. The normalized spacial score (nSPS) is 21.6. The van der Waals surface area contributed by atoms with Gasteiger partial charge in [0.2, 0.25) is 0 Å².